The number of nitrogens with two attached hydrogens (primary N) is 1. The van der Waals surface area contributed by atoms with Crippen LogP contribution in [0.5, 0.6) is 5.75 Å². The summed E-state index contributed by atoms with van der Waals surface area (Å²) in [4.78, 5) is 4.31. The predicted molar refractivity (Wildman–Crippen MR) is 123 cm³/mol. The summed E-state index contributed by atoms with van der Waals surface area (Å²) in [5.74, 6) is -0.155. The number of rotatable bonds is 0. The molecule has 0 spiro atoms. The molecule has 6 rings (SSSR count). The highest BCUT2D eigenvalue weighted by Crippen LogP contribution is 2.48. The minimum atomic E-state index is -0.603. The Hall–Kier alpha value is -4.70. The van der Waals surface area contributed by atoms with Gasteiger partial charge >= 0.3 is 0 Å². The van der Waals surface area contributed by atoms with Gasteiger partial charge in [-0.05, 0) is 37.6 Å². The van der Waals surface area contributed by atoms with Crippen molar-refractivity contribution in [3.05, 3.63) is 64.5 Å². The maximum atomic E-state index is 14.5. The van der Waals surface area contributed by atoms with E-state index in [4.69, 9.17) is 10.5 Å². The molecule has 1 unspecified atom stereocenters. The van der Waals surface area contributed by atoms with E-state index in [2.05, 4.69) is 27.3 Å². The van der Waals surface area contributed by atoms with Crippen molar-refractivity contribution >= 4 is 5.82 Å². The van der Waals surface area contributed by atoms with Crippen LogP contribution < -0.4 is 10.5 Å². The second-order valence-electron chi connectivity index (χ2n) is 8.73. The van der Waals surface area contributed by atoms with Gasteiger partial charge in [0.1, 0.15) is 24.1 Å². The Morgan fingerprint density at radius 1 is 1.17 bits per heavy atom. The second-order valence-corrected chi connectivity index (χ2v) is 8.73. The van der Waals surface area contributed by atoms with E-state index >= 15 is 0 Å². The maximum absolute atomic E-state index is 14.5. The SMILES string of the molecule is C[C@H]1Oc2cc(cnc2N)-c2c(C#N)nn3c2C(CC3)c2c(C#N)nn(C)c2-c2ccc(F)cc21. The summed E-state index contributed by atoms with van der Waals surface area (Å²) < 4.78 is 24.1. The van der Waals surface area contributed by atoms with Gasteiger partial charge in [-0.3, -0.25) is 9.36 Å². The number of aryl methyl sites for hydroxylation is 2. The fourth-order valence-electron chi connectivity index (χ4n) is 5.33. The van der Waals surface area contributed by atoms with E-state index in [1.54, 1.807) is 37.0 Å². The molecule has 4 aromatic rings. The lowest BCUT2D eigenvalue weighted by atomic mass is 9.85. The number of halogens is 1. The van der Waals surface area contributed by atoms with Gasteiger partial charge < -0.3 is 10.5 Å². The number of nitrogens with zero attached hydrogens (tertiary/aromatic N) is 7. The number of hydrogen-bond acceptors (Lipinski definition) is 7. The molecule has 2 aliphatic heterocycles. The zero-order chi connectivity index (χ0) is 24.4. The van der Waals surface area contributed by atoms with Crippen LogP contribution in [0.4, 0.5) is 10.2 Å². The molecule has 0 radical (unpaired) electrons. The first-order chi connectivity index (χ1) is 16.9. The topological polar surface area (TPSA) is 131 Å². The fraction of sp³-hybridized carbons (Fsp3) is 0.240. The summed E-state index contributed by atoms with van der Waals surface area (Å²) in [6.07, 6.45) is 1.66. The molecule has 172 valence electrons. The zero-order valence-corrected chi connectivity index (χ0v) is 18.9. The number of fused-ring (bicyclic) bond motifs is 7. The van der Waals surface area contributed by atoms with E-state index < -0.39 is 11.9 Å². The van der Waals surface area contributed by atoms with Crippen LogP contribution in [-0.2, 0) is 13.6 Å². The average molecular weight is 466 g/mol. The third kappa shape index (κ3) is 2.93. The van der Waals surface area contributed by atoms with Crippen molar-refractivity contribution in [1.29, 1.82) is 10.5 Å². The van der Waals surface area contributed by atoms with Crippen LogP contribution in [0, 0.1) is 28.5 Å². The van der Waals surface area contributed by atoms with Crippen molar-refractivity contribution in [3.63, 3.8) is 0 Å². The molecule has 2 atom stereocenters. The van der Waals surface area contributed by atoms with Crippen LogP contribution in [0.15, 0.2) is 30.5 Å². The van der Waals surface area contributed by atoms with Crippen molar-refractivity contribution in [1.82, 2.24) is 24.5 Å². The van der Waals surface area contributed by atoms with Gasteiger partial charge in [-0.2, -0.15) is 20.7 Å². The number of hydrogen-bond donors (Lipinski definition) is 1. The van der Waals surface area contributed by atoms with E-state index in [9.17, 15) is 14.9 Å². The van der Waals surface area contributed by atoms with E-state index in [-0.39, 0.29) is 23.1 Å². The molecule has 0 amide bonds. The van der Waals surface area contributed by atoms with Gasteiger partial charge in [-0.25, -0.2) is 9.37 Å². The van der Waals surface area contributed by atoms with E-state index in [1.165, 1.54) is 12.1 Å². The molecule has 2 bridgehead atoms. The predicted octanol–water partition coefficient (Wildman–Crippen LogP) is 3.80. The van der Waals surface area contributed by atoms with Crippen molar-refractivity contribution < 1.29 is 9.13 Å². The van der Waals surface area contributed by atoms with Crippen LogP contribution in [-0.4, -0.2) is 24.5 Å². The first-order valence-corrected chi connectivity index (χ1v) is 11.1. The second kappa shape index (κ2) is 7.40. The highest BCUT2D eigenvalue weighted by atomic mass is 19.1. The summed E-state index contributed by atoms with van der Waals surface area (Å²) in [5, 5.41) is 28.9. The Morgan fingerprint density at radius 2 is 1.97 bits per heavy atom. The van der Waals surface area contributed by atoms with E-state index in [0.29, 0.717) is 46.7 Å². The Morgan fingerprint density at radius 3 is 2.74 bits per heavy atom. The number of ether oxygens (including phenoxy) is 1. The van der Waals surface area contributed by atoms with E-state index in [1.807, 2.05) is 4.68 Å². The van der Waals surface area contributed by atoms with Crippen LogP contribution in [0.1, 0.15) is 53.6 Å². The average Bonchev–Trinajstić information content (AvgIpc) is 3.50. The maximum Gasteiger partial charge on any atom is 0.170 e. The largest absolute Gasteiger partial charge is 0.482 e. The highest BCUT2D eigenvalue weighted by molar-refractivity contribution is 5.78. The lowest BCUT2D eigenvalue weighted by Crippen LogP contribution is -2.11. The smallest absolute Gasteiger partial charge is 0.170 e. The van der Waals surface area contributed by atoms with Gasteiger partial charge in [0, 0.05) is 53.5 Å². The fourth-order valence-corrected chi connectivity index (χ4v) is 5.33. The number of anilines is 1. The van der Waals surface area contributed by atoms with Crippen molar-refractivity contribution in [3.8, 4) is 40.3 Å². The molecule has 3 aromatic heterocycles. The summed E-state index contributed by atoms with van der Waals surface area (Å²) in [7, 11) is 1.77. The normalized spacial score (nSPS) is 17.6. The molecule has 2 aliphatic rings. The zero-order valence-electron chi connectivity index (χ0n) is 18.9. The molecular weight excluding hydrogens is 447 g/mol. The van der Waals surface area contributed by atoms with Crippen LogP contribution in [0.2, 0.25) is 0 Å². The quantitative estimate of drug-likeness (QED) is 0.417. The van der Waals surface area contributed by atoms with Gasteiger partial charge in [0.25, 0.3) is 0 Å². The molecular formula is C25H19FN8O. The molecule has 2 N–H and O–H groups in total. The lowest BCUT2D eigenvalue weighted by Gasteiger charge is -2.23. The first kappa shape index (κ1) is 20.9. The first-order valence-electron chi connectivity index (χ1n) is 11.1. The van der Waals surface area contributed by atoms with Gasteiger partial charge in [0.15, 0.2) is 23.0 Å². The van der Waals surface area contributed by atoms with Gasteiger partial charge in [-0.1, -0.05) is 0 Å². The van der Waals surface area contributed by atoms with Crippen molar-refractivity contribution in [2.75, 3.05) is 5.73 Å². The third-order valence-electron chi connectivity index (χ3n) is 6.78. The number of pyridine rings is 1. The van der Waals surface area contributed by atoms with E-state index in [0.717, 1.165) is 11.3 Å². The standard InChI is InChI=1S/C25H19FN8O/c1-12-17-8-14(26)3-4-15(17)23-22(19(10-28)31-33(23)2)16-5-6-34-24(16)21(18(9-27)32-34)13-7-20(35-12)25(29)30-11-13/h3-4,7-8,11-12,16H,5-6H2,1-2H3,(H2,29,30)/t12-,16?/m1/s1. The molecule has 0 fully saturated rings. The summed E-state index contributed by atoms with van der Waals surface area (Å²) in [6.45, 7) is 2.38. The number of benzene rings is 1. The van der Waals surface area contributed by atoms with Crippen LogP contribution in [0.25, 0.3) is 22.4 Å². The van der Waals surface area contributed by atoms with Gasteiger partial charge in [0.2, 0.25) is 0 Å². The van der Waals surface area contributed by atoms with Crippen molar-refractivity contribution in [2.45, 2.75) is 31.9 Å². The minimum absolute atomic E-state index is 0.183. The molecule has 9 nitrogen and oxygen atoms in total. The number of nitriles is 2. The monoisotopic (exact) mass is 466 g/mol. The molecule has 35 heavy (non-hydrogen) atoms. The van der Waals surface area contributed by atoms with Gasteiger partial charge in [0.05, 0.1) is 11.4 Å². The Kier molecular flexibility index (Phi) is 4.42. The van der Waals surface area contributed by atoms with Gasteiger partial charge in [-0.15, -0.1) is 0 Å². The summed E-state index contributed by atoms with van der Waals surface area (Å²) in [5.41, 5.74) is 11.5. The molecule has 0 aliphatic carbocycles. The minimum Gasteiger partial charge on any atom is -0.482 e. The van der Waals surface area contributed by atoms with Crippen LogP contribution >= 0.6 is 0 Å². The Labute approximate surface area is 199 Å². The number of nitrogen functional groups attached to an aromatic ring is 1. The molecule has 5 heterocycles. The molecule has 0 saturated heterocycles. The lowest BCUT2D eigenvalue weighted by molar-refractivity contribution is 0.227. The van der Waals surface area contributed by atoms with Crippen molar-refractivity contribution in [2.24, 2.45) is 7.05 Å². The summed E-state index contributed by atoms with van der Waals surface area (Å²) in [6, 6.07) is 10.7. The summed E-state index contributed by atoms with van der Waals surface area (Å²) >= 11 is 0. The molecule has 0 saturated carbocycles. The third-order valence-corrected chi connectivity index (χ3v) is 6.78. The molecule has 1 aromatic carbocycles. The highest BCUT2D eigenvalue weighted by Gasteiger charge is 2.38. The van der Waals surface area contributed by atoms with Crippen LogP contribution in [0.3, 0.4) is 0 Å². The molecule has 10 heteroatoms. The number of aromatic nitrogens is 5. The Bertz CT molecular complexity index is 1620. The Balaban J connectivity index is 1.76.